The van der Waals surface area contributed by atoms with Gasteiger partial charge in [-0.15, -0.1) is 0 Å². The van der Waals surface area contributed by atoms with Crippen molar-refractivity contribution in [3.05, 3.63) is 59.5 Å². The Hall–Kier alpha value is -3.42. The first-order valence-electron chi connectivity index (χ1n) is 13.5. The monoisotopic (exact) mass is 486 g/mol. The van der Waals surface area contributed by atoms with E-state index in [9.17, 15) is 9.59 Å². The Morgan fingerprint density at radius 3 is 2.58 bits per heavy atom. The third kappa shape index (κ3) is 4.33. The van der Waals surface area contributed by atoms with Crippen LogP contribution in [-0.4, -0.2) is 57.0 Å². The largest absolute Gasteiger partial charge is 0.372 e. The van der Waals surface area contributed by atoms with Gasteiger partial charge in [0.25, 0.3) is 11.8 Å². The van der Waals surface area contributed by atoms with E-state index < -0.39 is 0 Å². The minimum atomic E-state index is -0.115. The Bertz CT molecular complexity index is 1260. The maximum atomic E-state index is 13.7. The molecule has 188 valence electrons. The molecule has 8 nitrogen and oxygen atoms in total. The van der Waals surface area contributed by atoms with Gasteiger partial charge in [0.15, 0.2) is 5.65 Å². The molecule has 0 spiro atoms. The topological polar surface area (TPSA) is 82.8 Å². The number of hydrogen-bond donors (Lipinski definition) is 1. The molecular weight excluding hydrogens is 452 g/mol. The third-order valence-corrected chi connectivity index (χ3v) is 8.03. The van der Waals surface area contributed by atoms with Gasteiger partial charge in [-0.05, 0) is 69.2 Å². The van der Waals surface area contributed by atoms with Gasteiger partial charge < -0.3 is 15.1 Å². The molecule has 0 bridgehead atoms. The molecular formula is C28H34N6O2. The number of likely N-dealkylation sites (tertiary alicyclic amines) is 1. The molecule has 1 N–H and O–H groups in total. The summed E-state index contributed by atoms with van der Waals surface area (Å²) in [5, 5.41) is 7.69. The number of hydrogen-bond acceptors (Lipinski definition) is 5. The van der Waals surface area contributed by atoms with Crippen LogP contribution in [0.15, 0.2) is 42.7 Å². The average Bonchev–Trinajstić information content (AvgIpc) is 3.69. The predicted molar refractivity (Wildman–Crippen MR) is 138 cm³/mol. The fourth-order valence-corrected chi connectivity index (χ4v) is 6.13. The maximum absolute atomic E-state index is 13.7. The van der Waals surface area contributed by atoms with Gasteiger partial charge in [-0.25, -0.2) is 9.50 Å². The van der Waals surface area contributed by atoms with Crippen molar-refractivity contribution in [1.29, 1.82) is 0 Å². The van der Waals surface area contributed by atoms with Crippen molar-refractivity contribution in [2.45, 2.75) is 69.9 Å². The quantitative estimate of drug-likeness (QED) is 0.579. The number of anilines is 1. The number of carbonyl (C=O) groups is 2. The lowest BCUT2D eigenvalue weighted by molar-refractivity contribution is 0.0731. The number of rotatable bonds is 5. The van der Waals surface area contributed by atoms with Crippen LogP contribution in [0.2, 0.25) is 0 Å². The molecule has 3 aliphatic rings. The molecule has 2 aliphatic heterocycles. The second-order valence-electron chi connectivity index (χ2n) is 10.4. The van der Waals surface area contributed by atoms with Gasteiger partial charge >= 0.3 is 0 Å². The van der Waals surface area contributed by atoms with Crippen LogP contribution < -0.4 is 10.2 Å². The Labute approximate surface area is 211 Å². The minimum Gasteiger partial charge on any atom is -0.372 e. The Kier molecular flexibility index (Phi) is 6.34. The van der Waals surface area contributed by atoms with Gasteiger partial charge in [0, 0.05) is 43.1 Å². The van der Waals surface area contributed by atoms with Crippen LogP contribution in [-0.2, 0) is 0 Å². The van der Waals surface area contributed by atoms with Crippen molar-refractivity contribution in [1.82, 2.24) is 24.8 Å². The Morgan fingerprint density at radius 2 is 1.75 bits per heavy atom. The van der Waals surface area contributed by atoms with Crippen molar-refractivity contribution in [3.8, 4) is 0 Å². The van der Waals surface area contributed by atoms with E-state index in [-0.39, 0.29) is 23.9 Å². The fourth-order valence-electron chi connectivity index (χ4n) is 6.13. The number of amides is 2. The standard InChI is InChI=1S/C28H34N6O2/c35-27(31-21-9-2-3-10-21)23-19-30-34-25(13-14-29-26(23)34)24-12-7-17-33(24)28(36)20-8-6-11-22(18-20)32-15-4-1-5-16-32/h6,8,11,13-14,18-19,21,24H,1-5,7,9-10,12,15-17H2,(H,31,35). The first kappa shape index (κ1) is 23.0. The molecule has 0 radical (unpaired) electrons. The van der Waals surface area contributed by atoms with E-state index in [1.165, 1.54) is 19.3 Å². The summed E-state index contributed by atoms with van der Waals surface area (Å²) in [5.74, 6) is -0.0666. The summed E-state index contributed by atoms with van der Waals surface area (Å²) in [7, 11) is 0. The van der Waals surface area contributed by atoms with E-state index in [4.69, 9.17) is 0 Å². The highest BCUT2D eigenvalue weighted by molar-refractivity contribution is 6.00. The van der Waals surface area contributed by atoms with Crippen LogP contribution in [0.1, 0.15) is 90.2 Å². The molecule has 3 fully saturated rings. The molecule has 8 heteroatoms. The van der Waals surface area contributed by atoms with E-state index in [2.05, 4.69) is 26.4 Å². The highest BCUT2D eigenvalue weighted by Crippen LogP contribution is 2.34. The normalized spacial score (nSPS) is 20.8. The molecule has 2 amide bonds. The number of aromatic nitrogens is 3. The van der Waals surface area contributed by atoms with Crippen LogP contribution in [0.3, 0.4) is 0 Å². The highest BCUT2D eigenvalue weighted by atomic mass is 16.2. The smallest absolute Gasteiger partial charge is 0.256 e. The lowest BCUT2D eigenvalue weighted by atomic mass is 10.1. The molecule has 1 aliphatic carbocycles. The Balaban J connectivity index is 1.25. The zero-order valence-corrected chi connectivity index (χ0v) is 20.7. The number of nitrogens with one attached hydrogen (secondary N) is 1. The molecule has 3 aromatic rings. The van der Waals surface area contributed by atoms with E-state index in [0.717, 1.165) is 68.6 Å². The summed E-state index contributed by atoms with van der Waals surface area (Å²) in [6.07, 6.45) is 13.2. The minimum absolute atomic E-state index is 0.0488. The lowest BCUT2D eigenvalue weighted by Gasteiger charge is -2.30. The first-order chi connectivity index (χ1) is 17.7. The van der Waals surface area contributed by atoms with Crippen LogP contribution in [0, 0.1) is 0 Å². The van der Waals surface area contributed by atoms with E-state index >= 15 is 0 Å². The van der Waals surface area contributed by atoms with Gasteiger partial charge in [0.05, 0.1) is 17.9 Å². The summed E-state index contributed by atoms with van der Waals surface area (Å²) in [6.45, 7) is 2.81. The van der Waals surface area contributed by atoms with Gasteiger partial charge in [-0.2, -0.15) is 5.10 Å². The first-order valence-corrected chi connectivity index (χ1v) is 13.5. The summed E-state index contributed by atoms with van der Waals surface area (Å²) in [4.78, 5) is 35.5. The van der Waals surface area contributed by atoms with Gasteiger partial charge in [-0.1, -0.05) is 18.9 Å². The second-order valence-corrected chi connectivity index (χ2v) is 10.4. The maximum Gasteiger partial charge on any atom is 0.256 e. The zero-order valence-electron chi connectivity index (χ0n) is 20.7. The second kappa shape index (κ2) is 9.91. The van der Waals surface area contributed by atoms with Crippen LogP contribution in [0.5, 0.6) is 0 Å². The third-order valence-electron chi connectivity index (χ3n) is 8.03. The number of benzene rings is 1. The predicted octanol–water partition coefficient (Wildman–Crippen LogP) is 4.37. The molecule has 1 atom stereocenters. The average molecular weight is 487 g/mol. The van der Waals surface area contributed by atoms with Gasteiger partial charge in [-0.3, -0.25) is 9.59 Å². The summed E-state index contributed by atoms with van der Waals surface area (Å²) in [5.41, 5.74) is 3.81. The molecule has 4 heterocycles. The molecule has 2 aromatic heterocycles. The van der Waals surface area contributed by atoms with E-state index in [1.807, 2.05) is 29.2 Å². The van der Waals surface area contributed by atoms with E-state index in [1.54, 1.807) is 16.9 Å². The molecule has 6 rings (SSSR count). The van der Waals surface area contributed by atoms with Crippen LogP contribution >= 0.6 is 0 Å². The highest BCUT2D eigenvalue weighted by Gasteiger charge is 2.33. The van der Waals surface area contributed by atoms with Crippen molar-refractivity contribution in [2.75, 3.05) is 24.5 Å². The number of piperidine rings is 1. The lowest BCUT2D eigenvalue weighted by Crippen LogP contribution is -2.33. The fraction of sp³-hybridized carbons (Fsp3) is 0.500. The molecule has 2 saturated heterocycles. The van der Waals surface area contributed by atoms with Crippen molar-refractivity contribution in [2.24, 2.45) is 0 Å². The van der Waals surface area contributed by atoms with Crippen molar-refractivity contribution < 1.29 is 9.59 Å². The van der Waals surface area contributed by atoms with Crippen molar-refractivity contribution >= 4 is 23.1 Å². The van der Waals surface area contributed by atoms with Crippen LogP contribution in [0.25, 0.3) is 5.65 Å². The summed E-state index contributed by atoms with van der Waals surface area (Å²) in [6, 6.07) is 10.1. The van der Waals surface area contributed by atoms with Crippen LogP contribution in [0.4, 0.5) is 5.69 Å². The molecule has 1 aromatic carbocycles. The van der Waals surface area contributed by atoms with Crippen molar-refractivity contribution in [3.63, 3.8) is 0 Å². The SMILES string of the molecule is O=C(NC1CCCC1)c1cnn2c(C3CCCN3C(=O)c3cccc(N4CCCCC4)c3)ccnc12. The van der Waals surface area contributed by atoms with E-state index in [0.29, 0.717) is 17.8 Å². The number of fused-ring (bicyclic) bond motifs is 1. The number of nitrogens with zero attached hydrogens (tertiary/aromatic N) is 5. The molecule has 36 heavy (non-hydrogen) atoms. The Morgan fingerprint density at radius 1 is 0.917 bits per heavy atom. The number of carbonyl (C=O) groups excluding carboxylic acids is 2. The van der Waals surface area contributed by atoms with Gasteiger partial charge in [0.2, 0.25) is 0 Å². The molecule has 1 unspecified atom stereocenters. The van der Waals surface area contributed by atoms with Gasteiger partial charge in [0.1, 0.15) is 5.56 Å². The molecule has 1 saturated carbocycles. The summed E-state index contributed by atoms with van der Waals surface area (Å²) < 4.78 is 1.75. The zero-order chi connectivity index (χ0) is 24.5. The summed E-state index contributed by atoms with van der Waals surface area (Å²) >= 11 is 0.